The van der Waals surface area contributed by atoms with Crippen molar-refractivity contribution in [1.29, 1.82) is 0 Å². The number of nitrogens with zero attached hydrogens (tertiary/aromatic N) is 3. The maximum Gasteiger partial charge on any atom is 0.309 e. The van der Waals surface area contributed by atoms with Gasteiger partial charge in [-0.1, -0.05) is 0 Å². The zero-order chi connectivity index (χ0) is 19.6. The molecule has 0 aliphatic carbocycles. The van der Waals surface area contributed by atoms with Crippen LogP contribution in [0, 0.1) is 5.92 Å². The molecule has 0 saturated carbocycles. The van der Waals surface area contributed by atoms with E-state index in [0.29, 0.717) is 44.8 Å². The Bertz CT molecular complexity index is 809. The molecule has 9 heteroatoms. The predicted molar refractivity (Wildman–Crippen MR) is 98.7 cm³/mol. The van der Waals surface area contributed by atoms with Crippen molar-refractivity contribution in [3.8, 4) is 0 Å². The molecule has 3 heterocycles. The highest BCUT2D eigenvalue weighted by atomic mass is 32.2. The van der Waals surface area contributed by atoms with Crippen molar-refractivity contribution in [2.24, 2.45) is 5.92 Å². The predicted octanol–water partition coefficient (Wildman–Crippen LogP) is 1.32. The summed E-state index contributed by atoms with van der Waals surface area (Å²) in [4.78, 5) is 26.3. The Balaban J connectivity index is 1.76. The number of carbonyl (C=O) groups is 2. The van der Waals surface area contributed by atoms with Crippen LogP contribution in [0.4, 0.5) is 0 Å². The van der Waals surface area contributed by atoms with E-state index in [1.54, 1.807) is 22.6 Å². The molecule has 0 atom stereocenters. The van der Waals surface area contributed by atoms with Crippen molar-refractivity contribution in [2.75, 3.05) is 32.8 Å². The standard InChI is InChI=1S/C18H27N3O5S/c1-3-19-8-5-9-20-13-15(12-16(20)17(19)22)27(24,25)21-10-6-14(7-11-21)18(23)26-4-2/h12-14H,3-11H2,1-2H3. The lowest BCUT2D eigenvalue weighted by atomic mass is 9.98. The summed E-state index contributed by atoms with van der Waals surface area (Å²) >= 11 is 0. The van der Waals surface area contributed by atoms with Crippen molar-refractivity contribution in [2.45, 2.75) is 44.6 Å². The van der Waals surface area contributed by atoms with E-state index < -0.39 is 10.0 Å². The lowest BCUT2D eigenvalue weighted by Gasteiger charge is -2.29. The van der Waals surface area contributed by atoms with Crippen LogP contribution in [0.25, 0.3) is 0 Å². The zero-order valence-corrected chi connectivity index (χ0v) is 16.7. The molecule has 27 heavy (non-hydrogen) atoms. The molecule has 2 aliphatic rings. The van der Waals surface area contributed by atoms with E-state index in [2.05, 4.69) is 0 Å². The zero-order valence-electron chi connectivity index (χ0n) is 15.9. The molecule has 8 nitrogen and oxygen atoms in total. The molecule has 0 N–H and O–H groups in total. The second-order valence-corrected chi connectivity index (χ2v) is 8.86. The average Bonchev–Trinajstić information content (AvgIpc) is 3.04. The maximum atomic E-state index is 13.0. The molecule has 1 fully saturated rings. The Kier molecular flexibility index (Phi) is 5.90. The lowest BCUT2D eigenvalue weighted by molar-refractivity contribution is -0.149. The Labute approximate surface area is 160 Å². The molecule has 0 aromatic carbocycles. The fourth-order valence-electron chi connectivity index (χ4n) is 3.73. The van der Waals surface area contributed by atoms with Gasteiger partial charge in [0.2, 0.25) is 10.0 Å². The smallest absolute Gasteiger partial charge is 0.309 e. The topological polar surface area (TPSA) is 88.9 Å². The monoisotopic (exact) mass is 397 g/mol. The summed E-state index contributed by atoms with van der Waals surface area (Å²) in [6.45, 7) is 6.47. The Morgan fingerprint density at radius 3 is 2.52 bits per heavy atom. The van der Waals surface area contributed by atoms with E-state index in [1.807, 2.05) is 6.92 Å². The third kappa shape index (κ3) is 3.89. The van der Waals surface area contributed by atoms with E-state index in [-0.39, 0.29) is 35.8 Å². The largest absolute Gasteiger partial charge is 0.466 e. The van der Waals surface area contributed by atoms with E-state index in [9.17, 15) is 18.0 Å². The normalized spacial score (nSPS) is 19.6. The van der Waals surface area contributed by atoms with Gasteiger partial charge in [0.25, 0.3) is 5.91 Å². The first-order chi connectivity index (χ1) is 12.9. The van der Waals surface area contributed by atoms with Crippen LogP contribution in [0.15, 0.2) is 17.2 Å². The molecule has 1 saturated heterocycles. The number of aryl methyl sites for hydroxylation is 1. The van der Waals surface area contributed by atoms with Gasteiger partial charge in [-0.3, -0.25) is 9.59 Å². The summed E-state index contributed by atoms with van der Waals surface area (Å²) < 4.78 is 34.2. The van der Waals surface area contributed by atoms with Crippen molar-refractivity contribution in [3.63, 3.8) is 0 Å². The number of rotatable bonds is 5. The molecular weight excluding hydrogens is 370 g/mol. The summed E-state index contributed by atoms with van der Waals surface area (Å²) in [5.74, 6) is -0.630. The number of esters is 1. The Morgan fingerprint density at radius 2 is 1.89 bits per heavy atom. The van der Waals surface area contributed by atoms with Crippen LogP contribution in [-0.4, -0.2) is 66.9 Å². The highest BCUT2D eigenvalue weighted by Crippen LogP contribution is 2.27. The van der Waals surface area contributed by atoms with E-state index in [1.165, 1.54) is 10.4 Å². The number of ether oxygens (including phenoxy) is 1. The molecule has 2 aliphatic heterocycles. The number of aromatic nitrogens is 1. The number of fused-ring (bicyclic) bond motifs is 1. The number of hydrogen-bond donors (Lipinski definition) is 0. The van der Waals surface area contributed by atoms with Crippen LogP contribution in [-0.2, 0) is 26.1 Å². The van der Waals surface area contributed by atoms with Gasteiger partial charge < -0.3 is 14.2 Å². The minimum absolute atomic E-state index is 0.127. The second kappa shape index (κ2) is 8.02. The molecule has 0 bridgehead atoms. The minimum atomic E-state index is -3.69. The molecule has 0 spiro atoms. The first-order valence-corrected chi connectivity index (χ1v) is 11.0. The Hall–Kier alpha value is -1.87. The van der Waals surface area contributed by atoms with E-state index in [0.717, 1.165) is 6.42 Å². The SMILES string of the molecule is CCOC(=O)C1CCN(S(=O)(=O)c2cc3n(c2)CCCN(CC)C3=O)CC1. The Morgan fingerprint density at radius 1 is 1.19 bits per heavy atom. The van der Waals surface area contributed by atoms with Crippen molar-refractivity contribution >= 4 is 21.9 Å². The van der Waals surface area contributed by atoms with Gasteiger partial charge in [0.1, 0.15) is 10.6 Å². The first kappa shape index (κ1) is 19.9. The lowest BCUT2D eigenvalue weighted by Crippen LogP contribution is -2.40. The number of piperidine rings is 1. The molecule has 1 aromatic rings. The second-order valence-electron chi connectivity index (χ2n) is 6.92. The van der Waals surface area contributed by atoms with Crippen LogP contribution in [0.1, 0.15) is 43.6 Å². The van der Waals surface area contributed by atoms with Crippen molar-refractivity contribution in [1.82, 2.24) is 13.8 Å². The fraction of sp³-hybridized carbons (Fsp3) is 0.667. The summed E-state index contributed by atoms with van der Waals surface area (Å²) in [7, 11) is -3.69. The third-order valence-corrected chi connectivity index (χ3v) is 7.16. The van der Waals surface area contributed by atoms with Crippen molar-refractivity contribution < 1.29 is 22.7 Å². The highest BCUT2D eigenvalue weighted by Gasteiger charge is 2.34. The van der Waals surface area contributed by atoms with E-state index >= 15 is 0 Å². The summed E-state index contributed by atoms with van der Waals surface area (Å²) in [6, 6.07) is 1.49. The van der Waals surface area contributed by atoms with Crippen LogP contribution >= 0.6 is 0 Å². The fourth-order valence-corrected chi connectivity index (χ4v) is 5.24. The molecule has 1 aromatic heterocycles. The van der Waals surface area contributed by atoms with E-state index in [4.69, 9.17) is 4.74 Å². The van der Waals surface area contributed by atoms with Gasteiger partial charge in [-0.15, -0.1) is 0 Å². The van der Waals surface area contributed by atoms with Crippen LogP contribution in [0.2, 0.25) is 0 Å². The van der Waals surface area contributed by atoms with Crippen LogP contribution < -0.4 is 0 Å². The number of carbonyl (C=O) groups excluding carboxylic acids is 2. The molecule has 0 radical (unpaired) electrons. The summed E-state index contributed by atoms with van der Waals surface area (Å²) in [6.07, 6.45) is 3.27. The van der Waals surface area contributed by atoms with Gasteiger partial charge in [-0.2, -0.15) is 4.31 Å². The third-order valence-electron chi connectivity index (χ3n) is 5.30. The highest BCUT2D eigenvalue weighted by molar-refractivity contribution is 7.89. The summed E-state index contributed by atoms with van der Waals surface area (Å²) in [5, 5.41) is 0. The van der Waals surface area contributed by atoms with Gasteiger partial charge in [0, 0.05) is 38.9 Å². The molecular formula is C18H27N3O5S. The van der Waals surface area contributed by atoms with Gasteiger partial charge in [0.15, 0.2) is 0 Å². The van der Waals surface area contributed by atoms with Gasteiger partial charge in [-0.05, 0) is 39.2 Å². The number of amides is 1. The average molecular weight is 397 g/mol. The molecule has 0 unspecified atom stereocenters. The van der Waals surface area contributed by atoms with Gasteiger partial charge in [0.05, 0.1) is 12.5 Å². The number of sulfonamides is 1. The summed E-state index contributed by atoms with van der Waals surface area (Å²) in [5.41, 5.74) is 0.425. The number of hydrogen-bond acceptors (Lipinski definition) is 5. The minimum Gasteiger partial charge on any atom is -0.466 e. The van der Waals surface area contributed by atoms with Gasteiger partial charge >= 0.3 is 5.97 Å². The van der Waals surface area contributed by atoms with Crippen LogP contribution in [0.5, 0.6) is 0 Å². The van der Waals surface area contributed by atoms with Crippen molar-refractivity contribution in [3.05, 3.63) is 18.0 Å². The molecule has 3 rings (SSSR count). The first-order valence-electron chi connectivity index (χ1n) is 9.54. The quantitative estimate of drug-likeness (QED) is 0.699. The molecule has 1 amide bonds. The van der Waals surface area contributed by atoms with Crippen LogP contribution in [0.3, 0.4) is 0 Å². The molecule has 150 valence electrons. The maximum absolute atomic E-state index is 13.0. The van der Waals surface area contributed by atoms with Gasteiger partial charge in [-0.25, -0.2) is 8.42 Å².